The maximum absolute atomic E-state index is 13.9. The number of hydrogen-bond acceptors (Lipinski definition) is 1. The first kappa shape index (κ1) is 36.1. The van der Waals surface area contributed by atoms with Crippen LogP contribution in [0.3, 0.4) is 0 Å². The van der Waals surface area contributed by atoms with Crippen LogP contribution in [0.2, 0.25) is 0 Å². The highest BCUT2D eigenvalue weighted by Crippen LogP contribution is 2.55. The van der Waals surface area contributed by atoms with Crippen LogP contribution in [-0.2, 0) is 6.18 Å². The van der Waals surface area contributed by atoms with Gasteiger partial charge < -0.3 is 0 Å². The summed E-state index contributed by atoms with van der Waals surface area (Å²) in [6.45, 7) is 4.05. The number of alkyl halides is 3. The first-order valence-corrected chi connectivity index (χ1v) is 20.8. The van der Waals surface area contributed by atoms with Crippen LogP contribution in [0.15, 0.2) is 170 Å². The molecule has 0 unspecified atom stereocenters. The third-order valence-electron chi connectivity index (χ3n) is 13.2. The Hall–Kier alpha value is -7.74. The smallest absolute Gasteiger partial charge is 0.192 e. The van der Waals surface area contributed by atoms with Gasteiger partial charge in [0.25, 0.3) is 0 Å². The molecule has 12 aromatic carbocycles. The van der Waals surface area contributed by atoms with Crippen LogP contribution >= 0.6 is 0 Å². The van der Waals surface area contributed by atoms with Crippen LogP contribution in [0.4, 0.5) is 13.2 Å². The Kier molecular flexibility index (Phi) is 7.65. The van der Waals surface area contributed by atoms with Crippen molar-refractivity contribution in [3.8, 4) is 50.6 Å². The summed E-state index contributed by atoms with van der Waals surface area (Å²) in [6.07, 6.45) is -4.57. The van der Waals surface area contributed by atoms with E-state index in [1.165, 1.54) is 87.2 Å². The van der Waals surface area contributed by atoms with Crippen molar-refractivity contribution >= 4 is 75.4 Å². The molecule has 0 saturated carbocycles. The number of nitriles is 1. The van der Waals surface area contributed by atoms with Crippen LogP contribution in [0.25, 0.3) is 120 Å². The Morgan fingerprint density at radius 2 is 0.887 bits per heavy atom. The monoisotopic (exact) mass is 801 g/mol. The van der Waals surface area contributed by atoms with Gasteiger partial charge in [0.1, 0.15) is 0 Å². The molecule has 0 amide bonds. The largest absolute Gasteiger partial charge is 0.416 e. The summed E-state index contributed by atoms with van der Waals surface area (Å²) in [5.74, 6) is 0. The van der Waals surface area contributed by atoms with Crippen molar-refractivity contribution in [3.05, 3.63) is 192 Å². The molecule has 0 spiro atoms. The van der Waals surface area contributed by atoms with Crippen molar-refractivity contribution < 1.29 is 13.2 Å². The lowest BCUT2D eigenvalue weighted by atomic mass is 9.84. The second-order valence-electron chi connectivity index (χ2n) is 16.6. The Balaban J connectivity index is 1.22. The standard InChI is InChI=1S/C58H34F3N/c1-32-25-37(38-27-34(31-62)28-39(29-38)58(59,60)61)26-33(2)50(32)44-23-24-47-53-43(44)20-12-22-46(53)56-51(35-13-5-3-6-14-35)49-30-48-41-18-10-9-17-40(41)42-19-11-21-45(54(42)48)55(49)52(57(47)56)36-15-7-4-8-16-36/h3-30H,1-2H3. The Morgan fingerprint density at radius 3 is 1.55 bits per heavy atom. The quantitative estimate of drug-likeness (QED) is 0.163. The minimum absolute atomic E-state index is 0.0228. The molecular formula is C58H34F3N. The Bertz CT molecular complexity index is 3830. The highest BCUT2D eigenvalue weighted by Gasteiger charge is 2.32. The van der Waals surface area contributed by atoms with Gasteiger partial charge in [-0.1, -0.05) is 146 Å². The number of aryl methyl sites for hydroxylation is 2. The maximum atomic E-state index is 13.9. The van der Waals surface area contributed by atoms with Crippen molar-refractivity contribution in [2.45, 2.75) is 20.0 Å². The fourth-order valence-electron chi connectivity index (χ4n) is 10.8. The van der Waals surface area contributed by atoms with Crippen molar-refractivity contribution in [1.82, 2.24) is 0 Å². The SMILES string of the molecule is Cc1cc(-c2cc(C#N)cc(C(F)(F)F)c2)cc(C)c1-c1ccc2c3c(-c4ccccc4)c4c(cc5c6ccccc6c6cccc4c65)c(-c4ccccc4)c3c3cccc1c32. The van der Waals surface area contributed by atoms with Crippen LogP contribution in [0.5, 0.6) is 0 Å². The summed E-state index contributed by atoms with van der Waals surface area (Å²) in [5.41, 5.74) is 8.89. The van der Waals surface area contributed by atoms with Crippen molar-refractivity contribution in [2.75, 3.05) is 0 Å². The molecule has 0 aliphatic rings. The zero-order chi connectivity index (χ0) is 42.0. The summed E-state index contributed by atoms with van der Waals surface area (Å²) >= 11 is 0. The fourth-order valence-corrected chi connectivity index (χ4v) is 10.8. The lowest BCUT2D eigenvalue weighted by molar-refractivity contribution is -0.137. The van der Waals surface area contributed by atoms with E-state index in [1.807, 2.05) is 32.0 Å². The fraction of sp³-hybridized carbons (Fsp3) is 0.0517. The van der Waals surface area contributed by atoms with E-state index in [4.69, 9.17) is 0 Å². The van der Waals surface area contributed by atoms with E-state index < -0.39 is 11.7 Å². The van der Waals surface area contributed by atoms with Crippen LogP contribution < -0.4 is 0 Å². The second kappa shape index (κ2) is 13.1. The molecule has 0 radical (unpaired) electrons. The minimum Gasteiger partial charge on any atom is -0.192 e. The normalized spacial score (nSPS) is 12.3. The molecule has 0 fully saturated rings. The summed E-state index contributed by atoms with van der Waals surface area (Å²) < 4.78 is 41.8. The minimum atomic E-state index is -4.57. The van der Waals surface area contributed by atoms with E-state index in [-0.39, 0.29) is 5.56 Å². The molecule has 0 aromatic heterocycles. The van der Waals surface area contributed by atoms with Gasteiger partial charge in [0, 0.05) is 0 Å². The number of nitrogens with zero attached hydrogens (tertiary/aromatic N) is 1. The molecule has 0 N–H and O–H groups in total. The summed E-state index contributed by atoms with van der Waals surface area (Å²) in [6, 6.07) is 60.2. The number of halogens is 3. The van der Waals surface area contributed by atoms with Crippen molar-refractivity contribution in [1.29, 1.82) is 5.26 Å². The Morgan fingerprint density at radius 1 is 0.371 bits per heavy atom. The van der Waals surface area contributed by atoms with Gasteiger partial charge in [-0.25, -0.2) is 0 Å². The number of hydrogen-bond donors (Lipinski definition) is 0. The molecule has 0 aliphatic carbocycles. The second-order valence-corrected chi connectivity index (χ2v) is 16.6. The van der Waals surface area contributed by atoms with Gasteiger partial charge in [0.15, 0.2) is 0 Å². The number of fused-ring (bicyclic) bond motifs is 8. The zero-order valence-electron chi connectivity index (χ0n) is 33.7. The predicted molar refractivity (Wildman–Crippen MR) is 252 cm³/mol. The average molecular weight is 802 g/mol. The predicted octanol–water partition coefficient (Wildman–Crippen LogP) is 16.8. The van der Waals surface area contributed by atoms with Crippen molar-refractivity contribution in [3.63, 3.8) is 0 Å². The van der Waals surface area contributed by atoms with Gasteiger partial charge in [-0.3, -0.25) is 0 Å². The molecule has 12 aromatic rings. The summed E-state index contributed by atoms with van der Waals surface area (Å²) in [5, 5.41) is 26.8. The molecule has 0 atom stereocenters. The highest BCUT2D eigenvalue weighted by molar-refractivity contribution is 6.45. The average Bonchev–Trinajstić information content (AvgIpc) is 3.80. The lowest BCUT2D eigenvalue weighted by Crippen LogP contribution is -2.05. The molecule has 292 valence electrons. The van der Waals surface area contributed by atoms with E-state index in [0.29, 0.717) is 11.1 Å². The molecule has 0 saturated heterocycles. The van der Waals surface area contributed by atoms with Gasteiger partial charge in [-0.15, -0.1) is 0 Å². The molecule has 1 nitrogen and oxygen atoms in total. The number of benzene rings is 10. The van der Waals surface area contributed by atoms with E-state index in [2.05, 4.69) is 140 Å². The molecule has 12 rings (SSSR count). The molecule has 0 aliphatic heterocycles. The van der Waals surface area contributed by atoms with Crippen LogP contribution in [0.1, 0.15) is 22.3 Å². The third-order valence-corrected chi connectivity index (χ3v) is 13.2. The number of rotatable bonds is 4. The zero-order valence-corrected chi connectivity index (χ0v) is 33.7. The maximum Gasteiger partial charge on any atom is 0.416 e. The molecule has 62 heavy (non-hydrogen) atoms. The van der Waals surface area contributed by atoms with Crippen LogP contribution in [0, 0.1) is 25.2 Å². The van der Waals surface area contributed by atoms with E-state index in [1.54, 1.807) is 0 Å². The molecular weight excluding hydrogens is 768 g/mol. The molecule has 0 bridgehead atoms. The first-order chi connectivity index (χ1) is 30.2. The lowest BCUT2D eigenvalue weighted by Gasteiger charge is -2.19. The first-order valence-electron chi connectivity index (χ1n) is 20.8. The topological polar surface area (TPSA) is 23.8 Å². The summed E-state index contributed by atoms with van der Waals surface area (Å²) in [4.78, 5) is 0. The van der Waals surface area contributed by atoms with E-state index in [9.17, 15) is 18.4 Å². The summed E-state index contributed by atoms with van der Waals surface area (Å²) in [7, 11) is 0. The van der Waals surface area contributed by atoms with Gasteiger partial charge in [0.05, 0.1) is 17.2 Å². The van der Waals surface area contributed by atoms with Crippen molar-refractivity contribution in [2.24, 2.45) is 0 Å². The third kappa shape index (κ3) is 5.09. The molecule has 0 heterocycles. The van der Waals surface area contributed by atoms with Gasteiger partial charge in [0.2, 0.25) is 0 Å². The van der Waals surface area contributed by atoms with E-state index >= 15 is 0 Å². The van der Waals surface area contributed by atoms with Gasteiger partial charge in [-0.05, 0) is 169 Å². The van der Waals surface area contributed by atoms with E-state index in [0.717, 1.165) is 50.9 Å². The van der Waals surface area contributed by atoms with Gasteiger partial charge >= 0.3 is 6.18 Å². The molecule has 4 heteroatoms. The van der Waals surface area contributed by atoms with Crippen LogP contribution in [-0.4, -0.2) is 0 Å². The highest BCUT2D eigenvalue weighted by atomic mass is 19.4. The Labute approximate surface area is 355 Å². The van der Waals surface area contributed by atoms with Gasteiger partial charge in [-0.2, -0.15) is 18.4 Å².